The SMILES string of the molecule is CCNC(=NCCc1cccc(O)c1)N1CCC2(CCOC2)C1. The number of hydrogen-bond acceptors (Lipinski definition) is 3. The van der Waals surface area contributed by atoms with Crippen molar-refractivity contribution in [1.82, 2.24) is 10.2 Å². The highest BCUT2D eigenvalue weighted by atomic mass is 16.5. The zero-order valence-electron chi connectivity index (χ0n) is 13.9. The Morgan fingerprint density at radius 1 is 1.43 bits per heavy atom. The van der Waals surface area contributed by atoms with Crippen LogP contribution in [0, 0.1) is 5.41 Å². The zero-order chi connectivity index (χ0) is 16.1. The fraction of sp³-hybridized carbons (Fsp3) is 0.611. The molecule has 2 saturated heterocycles. The molecule has 0 aromatic heterocycles. The van der Waals surface area contributed by atoms with Crippen molar-refractivity contribution in [1.29, 1.82) is 0 Å². The molecule has 1 aromatic carbocycles. The molecule has 5 nitrogen and oxygen atoms in total. The van der Waals surface area contributed by atoms with Crippen molar-refractivity contribution in [2.45, 2.75) is 26.2 Å². The average Bonchev–Trinajstić information content (AvgIpc) is 3.17. The Bertz CT molecular complexity index is 553. The topological polar surface area (TPSA) is 57.1 Å². The van der Waals surface area contributed by atoms with E-state index in [0.29, 0.717) is 11.2 Å². The van der Waals surface area contributed by atoms with Crippen molar-refractivity contribution >= 4 is 5.96 Å². The first kappa shape index (κ1) is 16.1. The van der Waals surface area contributed by atoms with Gasteiger partial charge < -0.3 is 20.1 Å². The van der Waals surface area contributed by atoms with E-state index < -0.39 is 0 Å². The van der Waals surface area contributed by atoms with Crippen LogP contribution in [-0.2, 0) is 11.2 Å². The normalized spacial score (nSPS) is 24.6. The molecule has 126 valence electrons. The summed E-state index contributed by atoms with van der Waals surface area (Å²) in [4.78, 5) is 7.16. The van der Waals surface area contributed by atoms with Crippen molar-refractivity contribution in [2.24, 2.45) is 10.4 Å². The maximum absolute atomic E-state index is 9.53. The molecule has 2 fully saturated rings. The van der Waals surface area contributed by atoms with E-state index in [-0.39, 0.29) is 0 Å². The van der Waals surface area contributed by atoms with E-state index in [1.165, 1.54) is 12.8 Å². The van der Waals surface area contributed by atoms with E-state index in [4.69, 9.17) is 9.73 Å². The molecule has 5 heteroatoms. The highest BCUT2D eigenvalue weighted by Crippen LogP contribution is 2.38. The summed E-state index contributed by atoms with van der Waals surface area (Å²) in [7, 11) is 0. The molecule has 1 unspecified atom stereocenters. The van der Waals surface area contributed by atoms with E-state index in [1.54, 1.807) is 6.07 Å². The Kier molecular flexibility index (Phi) is 5.06. The van der Waals surface area contributed by atoms with Crippen LogP contribution < -0.4 is 5.32 Å². The number of benzene rings is 1. The lowest BCUT2D eigenvalue weighted by atomic mass is 9.87. The molecule has 0 aliphatic carbocycles. The Balaban J connectivity index is 1.59. The molecule has 0 saturated carbocycles. The molecule has 1 atom stereocenters. The molecule has 2 N–H and O–H groups in total. The summed E-state index contributed by atoms with van der Waals surface area (Å²) in [6.45, 7) is 7.61. The van der Waals surface area contributed by atoms with E-state index in [9.17, 15) is 5.11 Å². The molecule has 2 aliphatic rings. The van der Waals surface area contributed by atoms with Crippen molar-refractivity contribution in [3.63, 3.8) is 0 Å². The molecular formula is C18H27N3O2. The smallest absolute Gasteiger partial charge is 0.193 e. The molecule has 2 heterocycles. The van der Waals surface area contributed by atoms with Crippen LogP contribution in [0.3, 0.4) is 0 Å². The van der Waals surface area contributed by atoms with Gasteiger partial charge in [-0.15, -0.1) is 0 Å². The number of phenols is 1. The van der Waals surface area contributed by atoms with Crippen LogP contribution in [0.15, 0.2) is 29.3 Å². The average molecular weight is 317 g/mol. The third kappa shape index (κ3) is 3.96. The molecule has 1 spiro atoms. The number of ether oxygens (including phenoxy) is 1. The van der Waals surface area contributed by atoms with Crippen LogP contribution in [0.4, 0.5) is 0 Å². The van der Waals surface area contributed by atoms with Crippen LogP contribution in [0.5, 0.6) is 5.75 Å². The predicted octanol–water partition coefficient (Wildman–Crippen LogP) is 2.01. The third-order valence-corrected chi connectivity index (χ3v) is 4.83. The first-order chi connectivity index (χ1) is 11.2. The number of nitrogens with one attached hydrogen (secondary N) is 1. The minimum atomic E-state index is 0.320. The maximum Gasteiger partial charge on any atom is 0.193 e. The van der Waals surface area contributed by atoms with Crippen molar-refractivity contribution in [2.75, 3.05) is 39.4 Å². The van der Waals surface area contributed by atoms with E-state index in [1.807, 2.05) is 18.2 Å². The van der Waals surface area contributed by atoms with Gasteiger partial charge in [-0.25, -0.2) is 0 Å². The number of phenolic OH excluding ortho intramolecular Hbond substituents is 1. The van der Waals surface area contributed by atoms with Gasteiger partial charge in [-0.1, -0.05) is 12.1 Å². The van der Waals surface area contributed by atoms with Crippen molar-refractivity contribution in [3.05, 3.63) is 29.8 Å². The molecule has 1 aromatic rings. The summed E-state index contributed by atoms with van der Waals surface area (Å²) in [6, 6.07) is 7.42. The largest absolute Gasteiger partial charge is 0.508 e. The van der Waals surface area contributed by atoms with Gasteiger partial charge >= 0.3 is 0 Å². The summed E-state index contributed by atoms with van der Waals surface area (Å²) in [6.07, 6.45) is 3.21. The Labute approximate surface area is 138 Å². The van der Waals surface area contributed by atoms with Gasteiger partial charge in [0.2, 0.25) is 0 Å². The lowest BCUT2D eigenvalue weighted by molar-refractivity contribution is 0.156. The monoisotopic (exact) mass is 317 g/mol. The molecule has 0 amide bonds. The highest BCUT2D eigenvalue weighted by Gasteiger charge is 2.42. The second-order valence-electron chi connectivity index (χ2n) is 6.63. The lowest BCUT2D eigenvalue weighted by Crippen LogP contribution is -2.41. The first-order valence-corrected chi connectivity index (χ1v) is 8.60. The fourth-order valence-corrected chi connectivity index (χ4v) is 3.52. The van der Waals surface area contributed by atoms with Gasteiger partial charge in [0.15, 0.2) is 5.96 Å². The predicted molar refractivity (Wildman–Crippen MR) is 91.8 cm³/mol. The number of hydrogen-bond donors (Lipinski definition) is 2. The molecule has 3 rings (SSSR count). The summed E-state index contributed by atoms with van der Waals surface area (Å²) < 4.78 is 5.61. The van der Waals surface area contributed by atoms with Crippen LogP contribution in [-0.4, -0.2) is 55.4 Å². The zero-order valence-corrected chi connectivity index (χ0v) is 13.9. The molecule has 0 radical (unpaired) electrons. The second-order valence-corrected chi connectivity index (χ2v) is 6.63. The summed E-state index contributed by atoms with van der Waals surface area (Å²) in [5, 5.41) is 12.9. The van der Waals surface area contributed by atoms with Gasteiger partial charge in [0.1, 0.15) is 5.75 Å². The molecular weight excluding hydrogens is 290 g/mol. The molecule has 23 heavy (non-hydrogen) atoms. The van der Waals surface area contributed by atoms with Crippen molar-refractivity contribution in [3.8, 4) is 5.75 Å². The van der Waals surface area contributed by atoms with Crippen LogP contribution >= 0.6 is 0 Å². The van der Waals surface area contributed by atoms with Gasteiger partial charge in [-0.2, -0.15) is 0 Å². The van der Waals surface area contributed by atoms with Crippen LogP contribution in [0.25, 0.3) is 0 Å². The Morgan fingerprint density at radius 3 is 3.09 bits per heavy atom. The molecule has 0 bridgehead atoms. The first-order valence-electron chi connectivity index (χ1n) is 8.60. The van der Waals surface area contributed by atoms with Crippen molar-refractivity contribution < 1.29 is 9.84 Å². The van der Waals surface area contributed by atoms with E-state index in [2.05, 4.69) is 17.1 Å². The van der Waals surface area contributed by atoms with Gasteiger partial charge in [-0.05, 0) is 43.9 Å². The van der Waals surface area contributed by atoms with Gasteiger partial charge in [0.25, 0.3) is 0 Å². The van der Waals surface area contributed by atoms with E-state index in [0.717, 1.165) is 57.3 Å². The second kappa shape index (κ2) is 7.21. The minimum Gasteiger partial charge on any atom is -0.508 e. The number of guanidine groups is 1. The van der Waals surface area contributed by atoms with Crippen LogP contribution in [0.1, 0.15) is 25.3 Å². The third-order valence-electron chi connectivity index (χ3n) is 4.83. The Morgan fingerprint density at radius 2 is 2.35 bits per heavy atom. The number of aliphatic imine (C=N–C) groups is 1. The maximum atomic E-state index is 9.53. The number of rotatable bonds is 4. The van der Waals surface area contributed by atoms with Gasteiger partial charge in [-0.3, -0.25) is 4.99 Å². The lowest BCUT2D eigenvalue weighted by Gasteiger charge is -2.25. The minimum absolute atomic E-state index is 0.320. The quantitative estimate of drug-likeness (QED) is 0.659. The standard InChI is InChI=1S/C18H27N3O2/c1-2-19-17(20-9-6-15-4-3-5-16(22)12-15)21-10-7-18(13-21)8-11-23-14-18/h3-5,12,22H,2,6-11,13-14H2,1H3,(H,19,20). The number of nitrogens with zero attached hydrogens (tertiary/aromatic N) is 2. The fourth-order valence-electron chi connectivity index (χ4n) is 3.52. The van der Waals surface area contributed by atoms with Gasteiger partial charge in [0, 0.05) is 38.2 Å². The highest BCUT2D eigenvalue weighted by molar-refractivity contribution is 5.80. The summed E-state index contributed by atoms with van der Waals surface area (Å²) in [5.74, 6) is 1.33. The number of likely N-dealkylation sites (tertiary alicyclic amines) is 1. The Hall–Kier alpha value is -1.75. The summed E-state index contributed by atoms with van der Waals surface area (Å²) >= 11 is 0. The number of aromatic hydroxyl groups is 1. The van der Waals surface area contributed by atoms with E-state index >= 15 is 0 Å². The summed E-state index contributed by atoms with van der Waals surface area (Å²) in [5.41, 5.74) is 1.47. The van der Waals surface area contributed by atoms with Crippen LogP contribution in [0.2, 0.25) is 0 Å². The van der Waals surface area contributed by atoms with Gasteiger partial charge in [0.05, 0.1) is 6.61 Å². The molecule has 2 aliphatic heterocycles.